The summed E-state index contributed by atoms with van der Waals surface area (Å²) in [5.41, 5.74) is 4.90. The SMILES string of the molecule is C[C@H](c1c[nH]c2ccccc12)[C@@H](NC(=O)N1CCN(c2ccc(F)cc2CO)CC1)C(=O)Nc1cccc(CN(C)C)c1. The van der Waals surface area contributed by atoms with Gasteiger partial charge in [0.05, 0.1) is 6.61 Å². The van der Waals surface area contributed by atoms with E-state index >= 15 is 0 Å². The first-order valence-corrected chi connectivity index (χ1v) is 14.5. The van der Waals surface area contributed by atoms with E-state index in [1.165, 1.54) is 12.1 Å². The number of piperazine rings is 1. The van der Waals surface area contributed by atoms with Gasteiger partial charge in [-0.15, -0.1) is 0 Å². The topological polar surface area (TPSA) is 104 Å². The summed E-state index contributed by atoms with van der Waals surface area (Å²) in [5.74, 6) is -1.03. The number of amides is 3. The van der Waals surface area contributed by atoms with E-state index in [1.807, 2.05) is 80.6 Å². The number of aromatic nitrogens is 1. The Morgan fingerprint density at radius 1 is 1.02 bits per heavy atom. The highest BCUT2D eigenvalue weighted by atomic mass is 19.1. The number of fused-ring (bicyclic) bond motifs is 1. The van der Waals surface area contributed by atoms with Gasteiger partial charge in [-0.05, 0) is 61.6 Å². The second kappa shape index (κ2) is 13.3. The molecular weight excluding hydrogens is 547 g/mol. The Morgan fingerprint density at radius 2 is 1.79 bits per heavy atom. The Bertz CT molecular complexity index is 1580. The average Bonchev–Trinajstić information content (AvgIpc) is 3.43. The van der Waals surface area contributed by atoms with Gasteiger partial charge in [0.1, 0.15) is 11.9 Å². The molecule has 0 radical (unpaired) electrons. The molecule has 5 rings (SSSR count). The van der Waals surface area contributed by atoms with Gasteiger partial charge >= 0.3 is 6.03 Å². The van der Waals surface area contributed by atoms with Crippen LogP contribution in [0.1, 0.15) is 29.5 Å². The largest absolute Gasteiger partial charge is 0.392 e. The number of nitrogens with one attached hydrogen (secondary N) is 3. The maximum absolute atomic E-state index is 13.8. The van der Waals surface area contributed by atoms with Crippen LogP contribution in [-0.4, -0.2) is 78.1 Å². The van der Waals surface area contributed by atoms with Gasteiger partial charge in [-0.2, -0.15) is 0 Å². The minimum absolute atomic E-state index is 0.269. The molecule has 3 aromatic carbocycles. The second-order valence-electron chi connectivity index (χ2n) is 11.3. The van der Waals surface area contributed by atoms with Crippen molar-refractivity contribution in [2.45, 2.75) is 32.0 Å². The normalized spacial score (nSPS) is 15.0. The molecular formula is C33H39FN6O3. The Hall–Kier alpha value is -4.41. The van der Waals surface area contributed by atoms with Crippen LogP contribution in [0.4, 0.5) is 20.6 Å². The van der Waals surface area contributed by atoms with E-state index in [1.54, 1.807) is 11.0 Å². The van der Waals surface area contributed by atoms with Gasteiger partial charge in [0.15, 0.2) is 0 Å². The molecule has 0 aliphatic carbocycles. The average molecular weight is 587 g/mol. The molecule has 0 spiro atoms. The summed E-state index contributed by atoms with van der Waals surface area (Å²) in [6.45, 7) is 4.27. The predicted molar refractivity (Wildman–Crippen MR) is 168 cm³/mol. The molecule has 1 aromatic heterocycles. The first kappa shape index (κ1) is 30.1. The fraction of sp³-hybridized carbons (Fsp3) is 0.333. The standard InChI is InChI=1S/C33H39FN6O3/c1-22(28-19-35-29-10-5-4-9-27(28)29)31(32(42)36-26-8-6-7-23(17-26)20-38(2)3)37-33(43)40-15-13-39(14-16-40)30-12-11-25(34)18-24(30)21-41/h4-12,17-19,22,31,35,41H,13-16,20-21H2,1-3H3,(H,36,42)(H,37,43)/t22-,31-/m1/s1. The number of carbonyl (C=O) groups is 2. The zero-order chi connectivity index (χ0) is 30.5. The number of anilines is 2. The van der Waals surface area contributed by atoms with Crippen molar-refractivity contribution >= 4 is 34.2 Å². The van der Waals surface area contributed by atoms with Crippen molar-refractivity contribution < 1.29 is 19.1 Å². The monoisotopic (exact) mass is 586 g/mol. The summed E-state index contributed by atoms with van der Waals surface area (Å²) in [7, 11) is 3.98. The first-order chi connectivity index (χ1) is 20.7. The molecule has 0 unspecified atom stereocenters. The Morgan fingerprint density at radius 3 is 2.53 bits per heavy atom. The molecule has 1 aliphatic heterocycles. The number of rotatable bonds is 9. The summed E-state index contributed by atoms with van der Waals surface area (Å²) in [4.78, 5) is 36.5. The molecule has 2 atom stereocenters. The highest BCUT2D eigenvalue weighted by Crippen LogP contribution is 2.29. The first-order valence-electron chi connectivity index (χ1n) is 14.5. The fourth-order valence-electron chi connectivity index (χ4n) is 5.76. The number of hydrogen-bond acceptors (Lipinski definition) is 5. The van der Waals surface area contributed by atoms with Crippen molar-refractivity contribution in [2.75, 3.05) is 50.5 Å². The minimum atomic E-state index is -0.847. The molecule has 43 heavy (non-hydrogen) atoms. The molecule has 0 bridgehead atoms. The Kier molecular flexibility index (Phi) is 9.27. The summed E-state index contributed by atoms with van der Waals surface area (Å²) >= 11 is 0. The summed E-state index contributed by atoms with van der Waals surface area (Å²) in [6.07, 6.45) is 1.90. The molecule has 226 valence electrons. The quantitative estimate of drug-likeness (QED) is 0.231. The van der Waals surface area contributed by atoms with Crippen LogP contribution < -0.4 is 15.5 Å². The van der Waals surface area contributed by atoms with Gasteiger partial charge in [0.25, 0.3) is 0 Å². The number of hydrogen-bond donors (Lipinski definition) is 4. The van der Waals surface area contributed by atoms with Gasteiger partial charge < -0.3 is 35.4 Å². The maximum Gasteiger partial charge on any atom is 0.318 e. The van der Waals surface area contributed by atoms with Crippen LogP contribution in [0.25, 0.3) is 10.9 Å². The van der Waals surface area contributed by atoms with Crippen LogP contribution >= 0.6 is 0 Å². The fourth-order valence-corrected chi connectivity index (χ4v) is 5.76. The minimum Gasteiger partial charge on any atom is -0.392 e. The lowest BCUT2D eigenvalue weighted by atomic mass is 9.92. The van der Waals surface area contributed by atoms with Gasteiger partial charge in [0, 0.05) is 72.7 Å². The van der Waals surface area contributed by atoms with Crippen LogP contribution in [-0.2, 0) is 17.9 Å². The van der Waals surface area contributed by atoms with Crippen LogP contribution in [0.2, 0.25) is 0 Å². The number of H-pyrrole nitrogens is 1. The highest BCUT2D eigenvalue weighted by molar-refractivity contribution is 5.98. The molecule has 2 heterocycles. The van der Waals surface area contributed by atoms with Gasteiger partial charge in [-0.25, -0.2) is 9.18 Å². The van der Waals surface area contributed by atoms with E-state index in [0.717, 1.165) is 34.3 Å². The lowest BCUT2D eigenvalue weighted by molar-refractivity contribution is -0.118. The third kappa shape index (κ3) is 6.98. The lowest BCUT2D eigenvalue weighted by Gasteiger charge is -2.37. The van der Waals surface area contributed by atoms with Crippen molar-refractivity contribution in [2.24, 2.45) is 0 Å². The van der Waals surface area contributed by atoms with Crippen LogP contribution in [0, 0.1) is 5.82 Å². The highest BCUT2D eigenvalue weighted by Gasteiger charge is 2.32. The van der Waals surface area contributed by atoms with Crippen molar-refractivity contribution in [1.82, 2.24) is 20.1 Å². The lowest BCUT2D eigenvalue weighted by Crippen LogP contribution is -2.56. The molecule has 1 fully saturated rings. The van der Waals surface area contributed by atoms with Crippen molar-refractivity contribution in [3.05, 3.63) is 95.4 Å². The molecule has 1 aliphatic rings. The zero-order valence-corrected chi connectivity index (χ0v) is 24.8. The third-order valence-electron chi connectivity index (χ3n) is 7.99. The molecule has 9 nitrogen and oxygen atoms in total. The predicted octanol–water partition coefficient (Wildman–Crippen LogP) is 4.50. The second-order valence-corrected chi connectivity index (χ2v) is 11.3. The summed E-state index contributed by atoms with van der Waals surface area (Å²) in [6, 6.07) is 18.8. The van der Waals surface area contributed by atoms with Gasteiger partial charge in [-0.3, -0.25) is 4.79 Å². The van der Waals surface area contributed by atoms with Crippen LogP contribution in [0.3, 0.4) is 0 Å². The Balaban J connectivity index is 1.33. The van der Waals surface area contributed by atoms with Gasteiger partial charge in [0.2, 0.25) is 5.91 Å². The number of benzene rings is 3. The molecule has 0 saturated carbocycles. The number of aliphatic hydroxyl groups is 1. The molecule has 4 aromatic rings. The number of nitrogens with zero attached hydrogens (tertiary/aromatic N) is 3. The number of aromatic amines is 1. The maximum atomic E-state index is 13.8. The summed E-state index contributed by atoms with van der Waals surface area (Å²) in [5, 5.41) is 16.8. The van der Waals surface area contributed by atoms with Crippen molar-refractivity contribution in [3.8, 4) is 0 Å². The van der Waals surface area contributed by atoms with Crippen molar-refractivity contribution in [1.29, 1.82) is 0 Å². The number of carbonyl (C=O) groups excluding carboxylic acids is 2. The van der Waals surface area contributed by atoms with Crippen LogP contribution in [0.15, 0.2) is 72.9 Å². The molecule has 4 N–H and O–H groups in total. The third-order valence-corrected chi connectivity index (χ3v) is 7.99. The number of para-hydroxylation sites is 1. The molecule has 10 heteroatoms. The summed E-state index contributed by atoms with van der Waals surface area (Å²) < 4.78 is 13.7. The van der Waals surface area contributed by atoms with Gasteiger partial charge in [-0.1, -0.05) is 37.3 Å². The van der Waals surface area contributed by atoms with E-state index in [9.17, 15) is 19.1 Å². The molecule has 3 amide bonds. The van der Waals surface area contributed by atoms with E-state index < -0.39 is 11.9 Å². The smallest absolute Gasteiger partial charge is 0.318 e. The van der Waals surface area contributed by atoms with E-state index in [0.29, 0.717) is 37.4 Å². The van der Waals surface area contributed by atoms with Crippen molar-refractivity contribution in [3.63, 3.8) is 0 Å². The number of urea groups is 1. The Labute approximate surface area is 251 Å². The van der Waals surface area contributed by atoms with E-state index in [-0.39, 0.29) is 24.5 Å². The zero-order valence-electron chi connectivity index (χ0n) is 24.8. The van der Waals surface area contributed by atoms with Crippen LogP contribution in [0.5, 0.6) is 0 Å². The number of aliphatic hydroxyl groups excluding tert-OH is 1. The van der Waals surface area contributed by atoms with E-state index in [2.05, 4.69) is 20.5 Å². The number of halogens is 1. The van der Waals surface area contributed by atoms with E-state index in [4.69, 9.17) is 0 Å². The molecule has 1 saturated heterocycles.